The molecule has 2 aliphatic heterocycles. The van der Waals surface area contributed by atoms with Gasteiger partial charge in [-0.2, -0.15) is 0 Å². The summed E-state index contributed by atoms with van der Waals surface area (Å²) >= 11 is 0. The van der Waals surface area contributed by atoms with E-state index in [9.17, 15) is 9.59 Å². The summed E-state index contributed by atoms with van der Waals surface area (Å²) in [6.07, 6.45) is 1.58. The third-order valence-corrected chi connectivity index (χ3v) is 4.66. The van der Waals surface area contributed by atoms with Crippen LogP contribution in [0.4, 0.5) is 0 Å². The minimum atomic E-state index is -0.356. The number of benzene rings is 1. The lowest BCUT2D eigenvalue weighted by Crippen LogP contribution is -2.47. The molecule has 6 heteroatoms. The molecule has 2 aliphatic rings. The summed E-state index contributed by atoms with van der Waals surface area (Å²) in [5, 5.41) is 0. The minimum Gasteiger partial charge on any atom is -0.486 e. The number of hydrogen-bond donors (Lipinski definition) is 0. The third-order valence-electron chi connectivity index (χ3n) is 4.66. The Labute approximate surface area is 142 Å². The van der Waals surface area contributed by atoms with Crippen molar-refractivity contribution in [1.82, 2.24) is 9.80 Å². The largest absolute Gasteiger partial charge is 0.486 e. The number of carbonyl (C=O) groups excluding carboxylic acids is 2. The molecule has 24 heavy (non-hydrogen) atoms. The molecular weight excluding hydrogens is 308 g/mol. The van der Waals surface area contributed by atoms with Crippen molar-refractivity contribution >= 4 is 11.8 Å². The van der Waals surface area contributed by atoms with E-state index >= 15 is 0 Å². The summed E-state index contributed by atoms with van der Waals surface area (Å²) in [6.45, 7) is 6.87. The maximum absolute atomic E-state index is 12.9. The Bertz CT molecular complexity index is 627. The van der Waals surface area contributed by atoms with Gasteiger partial charge >= 0.3 is 0 Å². The van der Waals surface area contributed by atoms with Gasteiger partial charge in [0.2, 0.25) is 5.91 Å². The van der Waals surface area contributed by atoms with Crippen LogP contribution in [-0.4, -0.2) is 60.5 Å². The van der Waals surface area contributed by atoms with Crippen LogP contribution in [0, 0.1) is 0 Å². The zero-order valence-electron chi connectivity index (χ0n) is 14.3. The second-order valence-corrected chi connectivity index (χ2v) is 6.03. The van der Waals surface area contributed by atoms with Gasteiger partial charge in [-0.25, -0.2) is 0 Å². The van der Waals surface area contributed by atoms with Crippen LogP contribution in [0.2, 0.25) is 0 Å². The molecule has 0 aromatic heterocycles. The predicted octanol–water partition coefficient (Wildman–Crippen LogP) is 1.93. The van der Waals surface area contributed by atoms with E-state index in [1.54, 1.807) is 28.0 Å². The molecule has 2 heterocycles. The number of likely N-dealkylation sites (tertiary alicyclic amines) is 1. The van der Waals surface area contributed by atoms with Crippen LogP contribution >= 0.6 is 0 Å². The second-order valence-electron chi connectivity index (χ2n) is 6.03. The average Bonchev–Trinajstić information content (AvgIpc) is 3.11. The van der Waals surface area contributed by atoms with Crippen LogP contribution in [0.15, 0.2) is 18.2 Å². The summed E-state index contributed by atoms with van der Waals surface area (Å²) < 4.78 is 11.0. The van der Waals surface area contributed by atoms with Crippen LogP contribution in [-0.2, 0) is 4.79 Å². The van der Waals surface area contributed by atoms with Gasteiger partial charge in [0.1, 0.15) is 19.3 Å². The first-order valence-electron chi connectivity index (χ1n) is 8.65. The fraction of sp³-hybridized carbons (Fsp3) is 0.556. The normalized spacial score (nSPS) is 19.2. The van der Waals surface area contributed by atoms with Gasteiger partial charge in [-0.05, 0) is 44.9 Å². The SMILES string of the molecule is CCN(CC)C(=O)[C@H]1CCCN1C(=O)c1ccc2c(c1)OCCO2. The Morgan fingerprint density at radius 1 is 1.17 bits per heavy atom. The molecule has 1 fully saturated rings. The van der Waals surface area contributed by atoms with E-state index in [1.807, 2.05) is 13.8 Å². The molecule has 0 unspecified atom stereocenters. The zero-order valence-corrected chi connectivity index (χ0v) is 14.3. The minimum absolute atomic E-state index is 0.0448. The standard InChI is InChI=1S/C18H24N2O4/c1-3-19(4-2)18(22)14-6-5-9-20(14)17(21)13-7-8-15-16(12-13)24-11-10-23-15/h7-8,12,14H,3-6,9-11H2,1-2H3/t14-/m1/s1. The topological polar surface area (TPSA) is 59.1 Å². The first-order chi connectivity index (χ1) is 11.7. The van der Waals surface area contributed by atoms with Gasteiger partial charge in [0.05, 0.1) is 0 Å². The Kier molecular flexibility index (Phi) is 4.92. The lowest BCUT2D eigenvalue weighted by molar-refractivity contribution is -0.134. The molecule has 0 N–H and O–H groups in total. The summed E-state index contributed by atoms with van der Waals surface area (Å²) in [4.78, 5) is 29.1. The van der Waals surface area contributed by atoms with E-state index in [1.165, 1.54) is 0 Å². The Balaban J connectivity index is 1.79. The zero-order chi connectivity index (χ0) is 17.1. The van der Waals surface area contributed by atoms with Gasteiger partial charge < -0.3 is 19.3 Å². The van der Waals surface area contributed by atoms with Crippen LogP contribution in [0.3, 0.4) is 0 Å². The summed E-state index contributed by atoms with van der Waals surface area (Å²) in [5.41, 5.74) is 0.540. The lowest BCUT2D eigenvalue weighted by Gasteiger charge is -2.29. The molecule has 2 amide bonds. The number of ether oxygens (including phenoxy) is 2. The van der Waals surface area contributed by atoms with Crippen molar-refractivity contribution in [2.45, 2.75) is 32.7 Å². The molecule has 0 bridgehead atoms. The predicted molar refractivity (Wildman–Crippen MR) is 89.4 cm³/mol. The molecule has 0 saturated carbocycles. The second kappa shape index (κ2) is 7.11. The van der Waals surface area contributed by atoms with Crippen LogP contribution in [0.25, 0.3) is 0 Å². The Morgan fingerprint density at radius 2 is 1.88 bits per heavy atom. The van der Waals surface area contributed by atoms with E-state index in [2.05, 4.69) is 0 Å². The number of likely N-dealkylation sites (N-methyl/N-ethyl adjacent to an activating group) is 1. The van der Waals surface area contributed by atoms with Gasteiger partial charge in [0.25, 0.3) is 5.91 Å². The third kappa shape index (κ3) is 3.05. The lowest BCUT2D eigenvalue weighted by atomic mass is 10.1. The maximum Gasteiger partial charge on any atom is 0.254 e. The highest BCUT2D eigenvalue weighted by Gasteiger charge is 2.36. The molecule has 3 rings (SSSR count). The van der Waals surface area contributed by atoms with E-state index in [-0.39, 0.29) is 17.9 Å². The molecule has 1 atom stereocenters. The van der Waals surface area contributed by atoms with Crippen molar-refractivity contribution in [3.8, 4) is 11.5 Å². The highest BCUT2D eigenvalue weighted by atomic mass is 16.6. The molecule has 1 aromatic carbocycles. The fourth-order valence-electron chi connectivity index (χ4n) is 3.35. The summed E-state index contributed by atoms with van der Waals surface area (Å²) in [6, 6.07) is 4.87. The summed E-state index contributed by atoms with van der Waals surface area (Å²) in [7, 11) is 0. The van der Waals surface area contributed by atoms with Gasteiger partial charge in [0, 0.05) is 25.2 Å². The van der Waals surface area contributed by atoms with Crippen molar-refractivity contribution < 1.29 is 19.1 Å². The highest BCUT2D eigenvalue weighted by molar-refractivity contribution is 5.98. The van der Waals surface area contributed by atoms with E-state index in [0.717, 1.165) is 12.8 Å². The van der Waals surface area contributed by atoms with Crippen molar-refractivity contribution in [2.24, 2.45) is 0 Å². The molecule has 1 saturated heterocycles. The molecule has 1 aromatic rings. The van der Waals surface area contributed by atoms with E-state index in [4.69, 9.17) is 9.47 Å². The molecular formula is C18H24N2O4. The Morgan fingerprint density at radius 3 is 2.58 bits per heavy atom. The van der Waals surface area contributed by atoms with Crippen molar-refractivity contribution in [3.63, 3.8) is 0 Å². The van der Waals surface area contributed by atoms with Crippen molar-refractivity contribution in [3.05, 3.63) is 23.8 Å². The smallest absolute Gasteiger partial charge is 0.254 e. The number of carbonyl (C=O) groups is 2. The average molecular weight is 332 g/mol. The maximum atomic E-state index is 12.9. The number of fused-ring (bicyclic) bond motifs is 1. The van der Waals surface area contributed by atoms with Crippen LogP contribution in [0.5, 0.6) is 11.5 Å². The van der Waals surface area contributed by atoms with E-state index in [0.29, 0.717) is 49.9 Å². The number of rotatable bonds is 4. The van der Waals surface area contributed by atoms with Gasteiger partial charge in [-0.3, -0.25) is 9.59 Å². The van der Waals surface area contributed by atoms with E-state index < -0.39 is 0 Å². The van der Waals surface area contributed by atoms with Crippen molar-refractivity contribution in [2.75, 3.05) is 32.8 Å². The fourth-order valence-corrected chi connectivity index (χ4v) is 3.35. The van der Waals surface area contributed by atoms with Gasteiger partial charge in [0.15, 0.2) is 11.5 Å². The monoisotopic (exact) mass is 332 g/mol. The molecule has 0 aliphatic carbocycles. The number of hydrogen-bond acceptors (Lipinski definition) is 4. The van der Waals surface area contributed by atoms with Crippen LogP contribution < -0.4 is 9.47 Å². The number of nitrogens with zero attached hydrogens (tertiary/aromatic N) is 2. The van der Waals surface area contributed by atoms with Crippen LogP contribution in [0.1, 0.15) is 37.0 Å². The first-order valence-corrected chi connectivity index (χ1v) is 8.65. The quantitative estimate of drug-likeness (QED) is 0.845. The molecule has 0 spiro atoms. The van der Waals surface area contributed by atoms with Gasteiger partial charge in [-0.1, -0.05) is 0 Å². The van der Waals surface area contributed by atoms with Gasteiger partial charge in [-0.15, -0.1) is 0 Å². The highest BCUT2D eigenvalue weighted by Crippen LogP contribution is 2.32. The molecule has 130 valence electrons. The number of amides is 2. The first kappa shape index (κ1) is 16.6. The summed E-state index contributed by atoms with van der Waals surface area (Å²) in [5.74, 6) is 1.19. The molecule has 0 radical (unpaired) electrons. The molecule has 6 nitrogen and oxygen atoms in total. The Hall–Kier alpha value is -2.24. The van der Waals surface area contributed by atoms with Crippen molar-refractivity contribution in [1.29, 1.82) is 0 Å².